The quantitative estimate of drug-likeness (QED) is 0.835. The Kier molecular flexibility index (Phi) is 5.11. The molecule has 1 aromatic carbocycles. The number of hydrogen-bond acceptors (Lipinski definition) is 2. The molecule has 1 aliphatic rings. The van der Waals surface area contributed by atoms with E-state index in [-0.39, 0.29) is 0 Å². The van der Waals surface area contributed by atoms with Gasteiger partial charge in [-0.2, -0.15) is 0 Å². The number of hydrogen-bond donors (Lipinski definition) is 0. The summed E-state index contributed by atoms with van der Waals surface area (Å²) in [5, 5.41) is 1.55. The van der Waals surface area contributed by atoms with E-state index in [4.69, 9.17) is 27.9 Å². The van der Waals surface area contributed by atoms with Gasteiger partial charge in [-0.3, -0.25) is 4.90 Å². The fraction of sp³-hybridized carbons (Fsp3) is 0.538. The summed E-state index contributed by atoms with van der Waals surface area (Å²) >= 11 is 12.3. The van der Waals surface area contributed by atoms with Crippen LogP contribution < -0.4 is 0 Å². The minimum absolute atomic E-state index is 0.777. The highest BCUT2D eigenvalue weighted by Crippen LogP contribution is 2.25. The van der Waals surface area contributed by atoms with E-state index in [1.54, 1.807) is 0 Å². The molecule has 1 aromatic rings. The molecule has 94 valence electrons. The van der Waals surface area contributed by atoms with Crippen molar-refractivity contribution in [2.45, 2.75) is 12.8 Å². The van der Waals surface area contributed by atoms with Crippen LogP contribution in [0.15, 0.2) is 18.2 Å². The molecule has 0 spiro atoms. The second-order valence-electron chi connectivity index (χ2n) is 4.26. The molecule has 0 amide bonds. The molecule has 1 aliphatic heterocycles. The first-order valence-electron chi connectivity index (χ1n) is 6.00. The van der Waals surface area contributed by atoms with E-state index in [0.29, 0.717) is 0 Å². The van der Waals surface area contributed by atoms with Crippen molar-refractivity contribution in [3.8, 4) is 0 Å². The molecule has 0 unspecified atom stereocenters. The van der Waals surface area contributed by atoms with Crippen molar-refractivity contribution in [2.75, 3.05) is 32.8 Å². The predicted octanol–water partition coefficient (Wildman–Crippen LogP) is 3.26. The maximum Gasteiger partial charge on any atom is 0.0594 e. The first-order chi connectivity index (χ1) is 8.27. The van der Waals surface area contributed by atoms with E-state index in [1.807, 2.05) is 18.2 Å². The Balaban J connectivity index is 1.81. The molecule has 0 aromatic heterocycles. The second kappa shape index (κ2) is 6.60. The first kappa shape index (κ1) is 13.2. The fourth-order valence-electron chi connectivity index (χ4n) is 2.08. The molecule has 1 fully saturated rings. The Labute approximate surface area is 112 Å². The molecule has 1 heterocycles. The highest BCUT2D eigenvalue weighted by Gasteiger charge is 2.10. The van der Waals surface area contributed by atoms with Crippen LogP contribution in [-0.4, -0.2) is 37.7 Å². The smallest absolute Gasteiger partial charge is 0.0594 e. The minimum Gasteiger partial charge on any atom is -0.379 e. The van der Waals surface area contributed by atoms with Crippen LogP contribution in [-0.2, 0) is 11.2 Å². The molecule has 0 bridgehead atoms. The van der Waals surface area contributed by atoms with E-state index >= 15 is 0 Å². The Morgan fingerprint density at radius 1 is 1.12 bits per heavy atom. The number of morpholine rings is 1. The zero-order valence-electron chi connectivity index (χ0n) is 9.79. The molecule has 0 aliphatic carbocycles. The van der Waals surface area contributed by atoms with E-state index < -0.39 is 0 Å². The summed E-state index contributed by atoms with van der Waals surface area (Å²) in [7, 11) is 0. The van der Waals surface area contributed by atoms with Crippen molar-refractivity contribution in [1.82, 2.24) is 4.90 Å². The zero-order valence-corrected chi connectivity index (χ0v) is 11.3. The summed E-state index contributed by atoms with van der Waals surface area (Å²) < 4.78 is 5.32. The van der Waals surface area contributed by atoms with Gasteiger partial charge < -0.3 is 4.74 Å². The van der Waals surface area contributed by atoms with Gasteiger partial charge in [0.05, 0.1) is 13.2 Å². The Morgan fingerprint density at radius 2 is 1.76 bits per heavy atom. The number of benzene rings is 1. The van der Waals surface area contributed by atoms with Gasteiger partial charge in [-0.25, -0.2) is 0 Å². The largest absolute Gasteiger partial charge is 0.379 e. The SMILES string of the molecule is Clc1cccc(Cl)c1CCCN1CCOCC1. The lowest BCUT2D eigenvalue weighted by atomic mass is 10.1. The highest BCUT2D eigenvalue weighted by molar-refractivity contribution is 6.35. The third-order valence-corrected chi connectivity index (χ3v) is 3.77. The van der Waals surface area contributed by atoms with Crippen molar-refractivity contribution < 1.29 is 4.74 Å². The lowest BCUT2D eigenvalue weighted by Gasteiger charge is -2.26. The number of rotatable bonds is 4. The minimum atomic E-state index is 0.777. The fourth-order valence-corrected chi connectivity index (χ4v) is 2.66. The summed E-state index contributed by atoms with van der Waals surface area (Å²) in [6, 6.07) is 5.69. The summed E-state index contributed by atoms with van der Waals surface area (Å²) in [6.07, 6.45) is 2.03. The monoisotopic (exact) mass is 273 g/mol. The zero-order chi connectivity index (χ0) is 12.1. The van der Waals surface area contributed by atoms with Gasteiger partial charge in [-0.15, -0.1) is 0 Å². The van der Waals surface area contributed by atoms with Gasteiger partial charge in [0.2, 0.25) is 0 Å². The lowest BCUT2D eigenvalue weighted by molar-refractivity contribution is 0.0375. The molecule has 0 N–H and O–H groups in total. The average molecular weight is 274 g/mol. The van der Waals surface area contributed by atoms with Gasteiger partial charge >= 0.3 is 0 Å². The van der Waals surface area contributed by atoms with E-state index in [2.05, 4.69) is 4.90 Å². The van der Waals surface area contributed by atoms with Gasteiger partial charge in [0, 0.05) is 23.1 Å². The molecule has 1 saturated heterocycles. The van der Waals surface area contributed by atoms with Crippen LogP contribution in [0.5, 0.6) is 0 Å². The summed E-state index contributed by atoms with van der Waals surface area (Å²) in [6.45, 7) is 4.87. The lowest BCUT2D eigenvalue weighted by Crippen LogP contribution is -2.36. The van der Waals surface area contributed by atoms with E-state index in [1.165, 1.54) is 0 Å². The maximum absolute atomic E-state index is 6.13. The van der Waals surface area contributed by atoms with E-state index in [9.17, 15) is 0 Å². The van der Waals surface area contributed by atoms with Gasteiger partial charge in [0.25, 0.3) is 0 Å². The van der Waals surface area contributed by atoms with Crippen molar-refractivity contribution in [2.24, 2.45) is 0 Å². The number of nitrogens with zero attached hydrogens (tertiary/aromatic N) is 1. The highest BCUT2D eigenvalue weighted by atomic mass is 35.5. The summed E-state index contributed by atoms with van der Waals surface area (Å²) in [5.41, 5.74) is 1.07. The van der Waals surface area contributed by atoms with Crippen molar-refractivity contribution >= 4 is 23.2 Å². The van der Waals surface area contributed by atoms with E-state index in [0.717, 1.165) is 61.3 Å². The van der Waals surface area contributed by atoms with Crippen molar-refractivity contribution in [3.05, 3.63) is 33.8 Å². The van der Waals surface area contributed by atoms with Crippen LogP contribution in [0.1, 0.15) is 12.0 Å². The van der Waals surface area contributed by atoms with Crippen molar-refractivity contribution in [1.29, 1.82) is 0 Å². The predicted molar refractivity (Wildman–Crippen MR) is 72.0 cm³/mol. The maximum atomic E-state index is 6.13. The van der Waals surface area contributed by atoms with Gasteiger partial charge in [0.15, 0.2) is 0 Å². The van der Waals surface area contributed by atoms with Crippen molar-refractivity contribution in [3.63, 3.8) is 0 Å². The molecule has 2 nitrogen and oxygen atoms in total. The standard InChI is InChI=1S/C13H17Cl2NO/c14-12-4-1-5-13(15)11(12)3-2-6-16-7-9-17-10-8-16/h1,4-5H,2-3,6-10H2. The Hall–Kier alpha value is -0.280. The molecule has 4 heteroatoms. The molecule has 0 radical (unpaired) electrons. The third kappa shape index (κ3) is 3.85. The molecule has 0 saturated carbocycles. The first-order valence-corrected chi connectivity index (χ1v) is 6.76. The molecule has 2 rings (SSSR count). The number of halogens is 2. The third-order valence-electron chi connectivity index (χ3n) is 3.07. The second-order valence-corrected chi connectivity index (χ2v) is 5.07. The molecular weight excluding hydrogens is 257 g/mol. The topological polar surface area (TPSA) is 12.5 Å². The van der Waals surface area contributed by atoms with Crippen LogP contribution >= 0.6 is 23.2 Å². The van der Waals surface area contributed by atoms with Crippen LogP contribution in [0.3, 0.4) is 0 Å². The average Bonchev–Trinajstić information content (AvgIpc) is 2.34. The molecular formula is C13H17Cl2NO. The van der Waals surface area contributed by atoms with Gasteiger partial charge in [0.1, 0.15) is 0 Å². The van der Waals surface area contributed by atoms with Crippen LogP contribution in [0.25, 0.3) is 0 Å². The summed E-state index contributed by atoms with van der Waals surface area (Å²) in [4.78, 5) is 2.42. The number of ether oxygens (including phenoxy) is 1. The van der Waals surface area contributed by atoms with Crippen LogP contribution in [0.2, 0.25) is 10.0 Å². The summed E-state index contributed by atoms with van der Waals surface area (Å²) in [5.74, 6) is 0. The molecule has 17 heavy (non-hydrogen) atoms. The van der Waals surface area contributed by atoms with Gasteiger partial charge in [-0.1, -0.05) is 29.3 Å². The normalized spacial score (nSPS) is 17.3. The Bertz CT molecular complexity index is 344. The molecule has 0 atom stereocenters. The Morgan fingerprint density at radius 3 is 2.41 bits per heavy atom. The van der Waals surface area contributed by atoms with Gasteiger partial charge in [-0.05, 0) is 37.1 Å². The van der Waals surface area contributed by atoms with Crippen LogP contribution in [0.4, 0.5) is 0 Å². The van der Waals surface area contributed by atoms with Crippen LogP contribution in [0, 0.1) is 0 Å².